The third-order valence-corrected chi connectivity index (χ3v) is 3.70. The zero-order valence-electron chi connectivity index (χ0n) is 14.1. The zero-order valence-corrected chi connectivity index (χ0v) is 14.1. The standard InChI is InChI=1S/C18H21N5O/c1-12-4-6-14-15(8-12)21-17(20-14)10-23(3)11-18(24)22-16-7-5-13(2)9-19-16/h4-9H,10-11H2,1-3H3,(H,20,21)(H,19,22,24). The lowest BCUT2D eigenvalue weighted by molar-refractivity contribution is -0.117. The Bertz CT molecular complexity index is 853. The summed E-state index contributed by atoms with van der Waals surface area (Å²) in [6, 6.07) is 9.83. The van der Waals surface area contributed by atoms with E-state index in [9.17, 15) is 4.79 Å². The molecule has 0 aliphatic carbocycles. The molecule has 2 aromatic heterocycles. The van der Waals surface area contributed by atoms with E-state index in [1.165, 1.54) is 5.56 Å². The van der Waals surface area contributed by atoms with Crippen LogP contribution in [-0.4, -0.2) is 39.4 Å². The summed E-state index contributed by atoms with van der Waals surface area (Å²) >= 11 is 0. The largest absolute Gasteiger partial charge is 0.341 e. The number of carbonyl (C=O) groups is 1. The first-order chi connectivity index (χ1) is 11.5. The molecule has 0 aliphatic heterocycles. The van der Waals surface area contributed by atoms with Gasteiger partial charge in [0.25, 0.3) is 0 Å². The number of hydrogen-bond acceptors (Lipinski definition) is 4. The van der Waals surface area contributed by atoms with Crippen LogP contribution in [0.4, 0.5) is 5.82 Å². The molecule has 0 fully saturated rings. The highest BCUT2D eigenvalue weighted by Crippen LogP contribution is 2.14. The monoisotopic (exact) mass is 323 g/mol. The van der Waals surface area contributed by atoms with E-state index in [1.807, 2.05) is 37.1 Å². The Morgan fingerprint density at radius 3 is 2.75 bits per heavy atom. The van der Waals surface area contributed by atoms with Crippen molar-refractivity contribution in [2.45, 2.75) is 20.4 Å². The molecule has 2 heterocycles. The molecule has 3 rings (SSSR count). The SMILES string of the molecule is Cc1ccc(NC(=O)CN(C)Cc2nc3ccc(C)cc3[nH]2)nc1. The summed E-state index contributed by atoms with van der Waals surface area (Å²) in [6.45, 7) is 4.85. The molecule has 0 unspecified atom stereocenters. The molecule has 24 heavy (non-hydrogen) atoms. The van der Waals surface area contributed by atoms with Gasteiger partial charge >= 0.3 is 0 Å². The van der Waals surface area contributed by atoms with Crippen LogP contribution in [0.15, 0.2) is 36.5 Å². The molecule has 6 heteroatoms. The Hall–Kier alpha value is -2.73. The van der Waals surface area contributed by atoms with Crippen molar-refractivity contribution in [2.75, 3.05) is 18.9 Å². The average Bonchev–Trinajstić information content (AvgIpc) is 2.90. The molecule has 0 saturated heterocycles. The first-order valence-corrected chi connectivity index (χ1v) is 7.86. The van der Waals surface area contributed by atoms with Gasteiger partial charge in [-0.1, -0.05) is 12.1 Å². The highest BCUT2D eigenvalue weighted by Gasteiger charge is 2.10. The number of nitrogens with zero attached hydrogens (tertiary/aromatic N) is 3. The van der Waals surface area contributed by atoms with Gasteiger partial charge in [-0.25, -0.2) is 9.97 Å². The zero-order chi connectivity index (χ0) is 17.1. The fraction of sp³-hybridized carbons (Fsp3) is 0.278. The summed E-state index contributed by atoms with van der Waals surface area (Å²) in [7, 11) is 1.89. The van der Waals surface area contributed by atoms with Crippen LogP contribution in [0.1, 0.15) is 17.0 Å². The Morgan fingerprint density at radius 1 is 1.21 bits per heavy atom. The first kappa shape index (κ1) is 16.1. The van der Waals surface area contributed by atoms with Crippen LogP contribution in [0.2, 0.25) is 0 Å². The molecule has 1 amide bonds. The highest BCUT2D eigenvalue weighted by atomic mass is 16.2. The molecule has 0 spiro atoms. The number of likely N-dealkylation sites (N-methyl/N-ethyl adjacent to an activating group) is 1. The van der Waals surface area contributed by atoms with E-state index in [-0.39, 0.29) is 12.5 Å². The van der Waals surface area contributed by atoms with Gasteiger partial charge in [-0.3, -0.25) is 9.69 Å². The summed E-state index contributed by atoms with van der Waals surface area (Å²) in [5, 5.41) is 2.80. The maximum absolute atomic E-state index is 12.1. The van der Waals surface area contributed by atoms with Crippen molar-refractivity contribution in [1.82, 2.24) is 19.9 Å². The van der Waals surface area contributed by atoms with Crippen molar-refractivity contribution in [2.24, 2.45) is 0 Å². The quantitative estimate of drug-likeness (QED) is 0.757. The van der Waals surface area contributed by atoms with E-state index < -0.39 is 0 Å². The van der Waals surface area contributed by atoms with Crippen molar-refractivity contribution in [1.29, 1.82) is 0 Å². The summed E-state index contributed by atoms with van der Waals surface area (Å²) < 4.78 is 0. The maximum atomic E-state index is 12.1. The lowest BCUT2D eigenvalue weighted by Crippen LogP contribution is -2.30. The molecule has 6 nitrogen and oxygen atoms in total. The predicted octanol–water partition coefficient (Wildman–Crippen LogP) is 2.65. The van der Waals surface area contributed by atoms with Gasteiger partial charge in [0.1, 0.15) is 11.6 Å². The number of rotatable bonds is 5. The molecule has 1 aromatic carbocycles. The van der Waals surface area contributed by atoms with Gasteiger partial charge in [0.2, 0.25) is 5.91 Å². The van der Waals surface area contributed by atoms with Gasteiger partial charge in [-0.05, 0) is 50.2 Å². The minimum absolute atomic E-state index is 0.0965. The number of carbonyl (C=O) groups excluding carboxylic acids is 1. The summed E-state index contributed by atoms with van der Waals surface area (Å²) in [4.78, 5) is 26.0. The van der Waals surface area contributed by atoms with Crippen LogP contribution >= 0.6 is 0 Å². The van der Waals surface area contributed by atoms with E-state index >= 15 is 0 Å². The highest BCUT2D eigenvalue weighted by molar-refractivity contribution is 5.91. The number of pyridine rings is 1. The van der Waals surface area contributed by atoms with Crippen molar-refractivity contribution >= 4 is 22.8 Å². The van der Waals surface area contributed by atoms with Crippen LogP contribution in [0.3, 0.4) is 0 Å². The topological polar surface area (TPSA) is 73.9 Å². The number of amides is 1. The summed E-state index contributed by atoms with van der Waals surface area (Å²) in [6.07, 6.45) is 1.73. The van der Waals surface area contributed by atoms with Crippen LogP contribution in [-0.2, 0) is 11.3 Å². The number of fused-ring (bicyclic) bond motifs is 1. The smallest absolute Gasteiger partial charge is 0.239 e. The van der Waals surface area contributed by atoms with Gasteiger partial charge < -0.3 is 10.3 Å². The van der Waals surface area contributed by atoms with E-state index in [0.29, 0.717) is 12.4 Å². The van der Waals surface area contributed by atoms with Crippen molar-refractivity contribution in [3.63, 3.8) is 0 Å². The number of H-pyrrole nitrogens is 1. The molecular formula is C18H21N5O. The minimum Gasteiger partial charge on any atom is -0.341 e. The summed E-state index contributed by atoms with van der Waals surface area (Å²) in [5.41, 5.74) is 4.21. The first-order valence-electron chi connectivity index (χ1n) is 7.86. The average molecular weight is 323 g/mol. The molecule has 0 saturated carbocycles. The van der Waals surface area contributed by atoms with Gasteiger partial charge in [-0.2, -0.15) is 0 Å². The second-order valence-corrected chi connectivity index (χ2v) is 6.15. The van der Waals surface area contributed by atoms with E-state index in [4.69, 9.17) is 0 Å². The van der Waals surface area contributed by atoms with Crippen LogP contribution < -0.4 is 5.32 Å². The lowest BCUT2D eigenvalue weighted by Gasteiger charge is -2.14. The molecule has 0 aliphatic rings. The second-order valence-electron chi connectivity index (χ2n) is 6.15. The number of aryl methyl sites for hydroxylation is 2. The maximum Gasteiger partial charge on any atom is 0.239 e. The Morgan fingerprint density at radius 2 is 2.00 bits per heavy atom. The minimum atomic E-state index is -0.0965. The van der Waals surface area contributed by atoms with Crippen molar-refractivity contribution in [3.05, 3.63) is 53.5 Å². The Kier molecular flexibility index (Phi) is 4.57. The lowest BCUT2D eigenvalue weighted by atomic mass is 10.2. The molecule has 0 atom stereocenters. The third-order valence-electron chi connectivity index (χ3n) is 3.70. The molecule has 0 radical (unpaired) electrons. The normalized spacial score (nSPS) is 11.2. The summed E-state index contributed by atoms with van der Waals surface area (Å²) in [5.74, 6) is 1.32. The molecule has 2 N–H and O–H groups in total. The predicted molar refractivity (Wildman–Crippen MR) is 94.8 cm³/mol. The number of imidazole rings is 1. The van der Waals surface area contributed by atoms with Gasteiger partial charge in [0, 0.05) is 6.20 Å². The molecule has 3 aromatic rings. The molecule has 0 bridgehead atoms. The van der Waals surface area contributed by atoms with E-state index in [2.05, 4.69) is 33.3 Å². The van der Waals surface area contributed by atoms with Crippen molar-refractivity contribution in [3.8, 4) is 0 Å². The van der Waals surface area contributed by atoms with Gasteiger partial charge in [0.15, 0.2) is 0 Å². The van der Waals surface area contributed by atoms with Crippen molar-refractivity contribution < 1.29 is 4.79 Å². The van der Waals surface area contributed by atoms with Crippen LogP contribution in [0, 0.1) is 13.8 Å². The van der Waals surface area contributed by atoms with Crippen LogP contribution in [0.25, 0.3) is 11.0 Å². The van der Waals surface area contributed by atoms with E-state index in [0.717, 1.165) is 22.4 Å². The fourth-order valence-electron chi connectivity index (χ4n) is 2.53. The molecule has 124 valence electrons. The number of benzene rings is 1. The van der Waals surface area contributed by atoms with Gasteiger partial charge in [0.05, 0.1) is 24.1 Å². The van der Waals surface area contributed by atoms with E-state index in [1.54, 1.807) is 12.3 Å². The number of anilines is 1. The Labute approximate surface area is 140 Å². The third kappa shape index (κ3) is 3.97. The molecular weight excluding hydrogens is 302 g/mol. The number of aromatic nitrogens is 3. The fourth-order valence-corrected chi connectivity index (χ4v) is 2.53. The number of hydrogen-bond donors (Lipinski definition) is 2. The second kappa shape index (κ2) is 6.80. The Balaban J connectivity index is 1.58. The van der Waals surface area contributed by atoms with Gasteiger partial charge in [-0.15, -0.1) is 0 Å². The number of aromatic amines is 1. The number of nitrogens with one attached hydrogen (secondary N) is 2. The van der Waals surface area contributed by atoms with Crippen LogP contribution in [0.5, 0.6) is 0 Å².